The van der Waals surface area contributed by atoms with E-state index < -0.39 is 11.7 Å². The van der Waals surface area contributed by atoms with E-state index in [4.69, 9.17) is 4.74 Å². The molecule has 0 aliphatic carbocycles. The van der Waals surface area contributed by atoms with Crippen molar-refractivity contribution in [3.8, 4) is 0 Å². The van der Waals surface area contributed by atoms with Crippen molar-refractivity contribution < 1.29 is 9.84 Å². The minimum absolute atomic E-state index is 0.531. The van der Waals surface area contributed by atoms with Gasteiger partial charge >= 0.3 is 0 Å². The maximum Gasteiger partial charge on any atom is 0.111 e. The van der Waals surface area contributed by atoms with Gasteiger partial charge in [0.05, 0.1) is 11.8 Å². The van der Waals surface area contributed by atoms with Crippen LogP contribution in [-0.2, 0) is 11.3 Å². The van der Waals surface area contributed by atoms with Gasteiger partial charge in [0.2, 0.25) is 0 Å². The highest BCUT2D eigenvalue weighted by molar-refractivity contribution is 5.12. The lowest BCUT2D eigenvalue weighted by atomic mass is 9.92. The number of hydrogen-bond donors (Lipinski definition) is 1. The summed E-state index contributed by atoms with van der Waals surface area (Å²) in [5.74, 6) is 0. The predicted molar refractivity (Wildman–Crippen MR) is 63.2 cm³/mol. The molecular formula is C12H22N2O2. The maximum absolute atomic E-state index is 10.3. The van der Waals surface area contributed by atoms with Crippen molar-refractivity contribution in [2.24, 2.45) is 0 Å². The molecule has 0 amide bonds. The highest BCUT2D eigenvalue weighted by atomic mass is 16.5. The van der Waals surface area contributed by atoms with Gasteiger partial charge in [-0.05, 0) is 27.2 Å². The Morgan fingerprint density at radius 3 is 2.62 bits per heavy atom. The fourth-order valence-corrected chi connectivity index (χ4v) is 1.75. The van der Waals surface area contributed by atoms with E-state index >= 15 is 0 Å². The number of ether oxygens (including phenoxy) is 1. The van der Waals surface area contributed by atoms with Crippen molar-refractivity contribution in [3.63, 3.8) is 0 Å². The van der Waals surface area contributed by atoms with Crippen molar-refractivity contribution in [2.45, 2.75) is 52.4 Å². The molecule has 0 radical (unpaired) electrons. The second kappa shape index (κ2) is 5.46. The number of aromatic nitrogens is 2. The van der Waals surface area contributed by atoms with E-state index in [0.29, 0.717) is 6.61 Å². The molecule has 0 aliphatic heterocycles. The average molecular weight is 226 g/mol. The van der Waals surface area contributed by atoms with E-state index in [1.54, 1.807) is 10.9 Å². The molecule has 1 heterocycles. The number of aryl methyl sites for hydroxylation is 1. The number of rotatable bonds is 6. The fraction of sp³-hybridized carbons (Fsp3) is 0.750. The van der Waals surface area contributed by atoms with Gasteiger partial charge in [0, 0.05) is 24.9 Å². The van der Waals surface area contributed by atoms with Crippen LogP contribution in [0.25, 0.3) is 0 Å². The minimum atomic E-state index is -0.627. The Morgan fingerprint density at radius 2 is 2.19 bits per heavy atom. The van der Waals surface area contributed by atoms with Crippen molar-refractivity contribution in [1.29, 1.82) is 0 Å². The topological polar surface area (TPSA) is 47.3 Å². The summed E-state index contributed by atoms with van der Waals surface area (Å²) in [5, 5.41) is 14.5. The van der Waals surface area contributed by atoms with Gasteiger partial charge in [-0.2, -0.15) is 5.10 Å². The van der Waals surface area contributed by atoms with E-state index in [1.165, 1.54) is 0 Å². The molecule has 0 spiro atoms. The van der Waals surface area contributed by atoms with Crippen molar-refractivity contribution in [3.05, 3.63) is 18.0 Å². The molecule has 0 fully saturated rings. The molecule has 16 heavy (non-hydrogen) atoms. The summed E-state index contributed by atoms with van der Waals surface area (Å²) in [7, 11) is 0. The van der Waals surface area contributed by atoms with Crippen molar-refractivity contribution in [1.82, 2.24) is 9.78 Å². The maximum atomic E-state index is 10.3. The molecule has 0 bridgehead atoms. The van der Waals surface area contributed by atoms with Gasteiger partial charge in [-0.1, -0.05) is 6.92 Å². The smallest absolute Gasteiger partial charge is 0.111 e. The monoisotopic (exact) mass is 226 g/mol. The SMILES string of the molecule is CCOC(C)(CC)C(O)c1cnn(CC)c1. The van der Waals surface area contributed by atoms with Gasteiger partial charge in [-0.25, -0.2) is 0 Å². The standard InChI is InChI=1S/C12H22N2O2/c1-5-12(4,16-7-3)11(15)10-8-13-14(6-2)9-10/h8-9,11,15H,5-7H2,1-4H3. The summed E-state index contributed by atoms with van der Waals surface area (Å²) in [4.78, 5) is 0. The number of aliphatic hydroxyl groups is 1. The summed E-state index contributed by atoms with van der Waals surface area (Å²) in [6.07, 6.45) is 3.72. The minimum Gasteiger partial charge on any atom is -0.385 e. The van der Waals surface area contributed by atoms with E-state index in [-0.39, 0.29) is 0 Å². The Labute approximate surface area is 97.2 Å². The Bertz CT molecular complexity index is 325. The van der Waals surface area contributed by atoms with Gasteiger partial charge in [0.15, 0.2) is 0 Å². The van der Waals surface area contributed by atoms with E-state index in [2.05, 4.69) is 5.10 Å². The molecule has 0 saturated carbocycles. The van der Waals surface area contributed by atoms with E-state index in [1.807, 2.05) is 33.9 Å². The van der Waals surface area contributed by atoms with Crippen LogP contribution in [0.4, 0.5) is 0 Å². The molecule has 2 unspecified atom stereocenters. The van der Waals surface area contributed by atoms with Crippen LogP contribution in [0.3, 0.4) is 0 Å². The Morgan fingerprint density at radius 1 is 1.50 bits per heavy atom. The Balaban J connectivity index is 2.85. The zero-order chi connectivity index (χ0) is 12.2. The molecule has 1 N–H and O–H groups in total. The van der Waals surface area contributed by atoms with Crippen LogP contribution in [0.1, 0.15) is 45.8 Å². The molecule has 1 rings (SSSR count). The highest BCUT2D eigenvalue weighted by Crippen LogP contribution is 2.31. The van der Waals surface area contributed by atoms with Crippen LogP contribution in [0.2, 0.25) is 0 Å². The Hall–Kier alpha value is -0.870. The highest BCUT2D eigenvalue weighted by Gasteiger charge is 2.33. The van der Waals surface area contributed by atoms with Crippen LogP contribution >= 0.6 is 0 Å². The Kier molecular flexibility index (Phi) is 4.50. The quantitative estimate of drug-likeness (QED) is 0.808. The second-order valence-corrected chi connectivity index (χ2v) is 4.13. The lowest BCUT2D eigenvalue weighted by Crippen LogP contribution is -2.35. The molecule has 1 aromatic rings. The van der Waals surface area contributed by atoms with Crippen LogP contribution in [0.5, 0.6) is 0 Å². The average Bonchev–Trinajstić information content (AvgIpc) is 2.76. The van der Waals surface area contributed by atoms with Gasteiger partial charge in [0.25, 0.3) is 0 Å². The first-order valence-electron chi connectivity index (χ1n) is 5.91. The molecule has 0 saturated heterocycles. The van der Waals surface area contributed by atoms with E-state index in [9.17, 15) is 5.11 Å². The summed E-state index contributed by atoms with van der Waals surface area (Å²) in [5.41, 5.74) is 0.288. The molecule has 0 aromatic carbocycles. The fourth-order valence-electron chi connectivity index (χ4n) is 1.75. The summed E-state index contributed by atoms with van der Waals surface area (Å²) < 4.78 is 7.46. The van der Waals surface area contributed by atoms with Gasteiger partial charge in [-0.15, -0.1) is 0 Å². The molecule has 1 aromatic heterocycles. The third-order valence-corrected chi connectivity index (χ3v) is 3.05. The summed E-state index contributed by atoms with van der Waals surface area (Å²) in [6.45, 7) is 9.32. The third-order valence-electron chi connectivity index (χ3n) is 3.05. The lowest BCUT2D eigenvalue weighted by Gasteiger charge is -2.32. The molecule has 4 heteroatoms. The van der Waals surface area contributed by atoms with Gasteiger partial charge < -0.3 is 9.84 Å². The molecule has 92 valence electrons. The van der Waals surface area contributed by atoms with Crippen molar-refractivity contribution in [2.75, 3.05) is 6.61 Å². The van der Waals surface area contributed by atoms with Crippen LogP contribution in [-0.4, -0.2) is 27.1 Å². The summed E-state index contributed by atoms with van der Waals surface area (Å²) >= 11 is 0. The number of aliphatic hydroxyl groups excluding tert-OH is 1. The van der Waals surface area contributed by atoms with Crippen molar-refractivity contribution >= 4 is 0 Å². The second-order valence-electron chi connectivity index (χ2n) is 4.13. The van der Waals surface area contributed by atoms with Gasteiger partial charge in [-0.3, -0.25) is 4.68 Å². The number of hydrogen-bond acceptors (Lipinski definition) is 3. The zero-order valence-electron chi connectivity index (χ0n) is 10.6. The third kappa shape index (κ3) is 2.62. The van der Waals surface area contributed by atoms with E-state index in [0.717, 1.165) is 18.5 Å². The normalized spacial score (nSPS) is 17.1. The largest absolute Gasteiger partial charge is 0.385 e. The first-order valence-corrected chi connectivity index (χ1v) is 5.91. The van der Waals surface area contributed by atoms with Crippen LogP contribution < -0.4 is 0 Å². The number of nitrogens with zero attached hydrogens (tertiary/aromatic N) is 2. The van der Waals surface area contributed by atoms with Crippen LogP contribution in [0.15, 0.2) is 12.4 Å². The molecular weight excluding hydrogens is 204 g/mol. The molecule has 4 nitrogen and oxygen atoms in total. The summed E-state index contributed by atoms with van der Waals surface area (Å²) in [6, 6.07) is 0. The predicted octanol–water partition coefficient (Wildman–Crippen LogP) is 2.14. The van der Waals surface area contributed by atoms with Crippen LogP contribution in [0, 0.1) is 0 Å². The first kappa shape index (κ1) is 13.2. The first-order chi connectivity index (χ1) is 7.57. The molecule has 0 aliphatic rings. The zero-order valence-corrected chi connectivity index (χ0v) is 10.6. The molecule has 2 atom stereocenters. The van der Waals surface area contributed by atoms with Gasteiger partial charge in [0.1, 0.15) is 6.10 Å². The lowest BCUT2D eigenvalue weighted by molar-refractivity contribution is -0.113.